The van der Waals surface area contributed by atoms with E-state index in [1.54, 1.807) is 0 Å². The van der Waals surface area contributed by atoms with Crippen LogP contribution in [-0.4, -0.2) is 96.7 Å². The molecule has 536 valence electrons. The van der Waals surface area contributed by atoms with Gasteiger partial charge in [-0.3, -0.25) is 37.3 Å². The van der Waals surface area contributed by atoms with E-state index in [1.807, 2.05) is 0 Å². The summed E-state index contributed by atoms with van der Waals surface area (Å²) in [5.74, 6) is -2.19. The van der Waals surface area contributed by atoms with Crippen LogP contribution in [0.2, 0.25) is 0 Å². The molecule has 0 rings (SSSR count). The first-order chi connectivity index (χ1) is 44.7. The number of unbranched alkanes of at least 4 members (excludes halogenated alkanes) is 33. The molecular weight excluding hydrogens is 1210 g/mol. The fraction of sp³-hybridized carbons (Fsp3) is 0.808. The Morgan fingerprint density at radius 3 is 0.870 bits per heavy atom. The molecule has 0 aromatic heterocycles. The van der Waals surface area contributed by atoms with Crippen LogP contribution in [0.3, 0.4) is 0 Å². The van der Waals surface area contributed by atoms with Gasteiger partial charge in [0.2, 0.25) is 0 Å². The second kappa shape index (κ2) is 66.4. The third kappa shape index (κ3) is 65.4. The summed E-state index contributed by atoms with van der Waals surface area (Å²) in [6.07, 6.45) is 62.2. The van der Waals surface area contributed by atoms with Gasteiger partial charge in [0.15, 0.2) is 12.2 Å². The molecule has 0 heterocycles. The van der Waals surface area contributed by atoms with E-state index in [1.165, 1.54) is 77.0 Å². The minimum absolute atomic E-state index is 0.0851. The fourth-order valence-electron chi connectivity index (χ4n) is 9.82. The molecule has 5 unspecified atom stereocenters. The van der Waals surface area contributed by atoms with Crippen molar-refractivity contribution in [3.63, 3.8) is 0 Å². The van der Waals surface area contributed by atoms with Crippen LogP contribution in [0.5, 0.6) is 0 Å². The van der Waals surface area contributed by atoms with E-state index in [9.17, 15) is 43.2 Å². The molecule has 0 aromatic carbocycles. The summed E-state index contributed by atoms with van der Waals surface area (Å²) in [4.78, 5) is 72.6. The Hall–Kier alpha value is -3.24. The van der Waals surface area contributed by atoms with Gasteiger partial charge in [-0.05, 0) is 103 Å². The molecule has 0 radical (unpaired) electrons. The molecule has 0 amide bonds. The van der Waals surface area contributed by atoms with Crippen molar-refractivity contribution < 1.29 is 80.2 Å². The number of allylic oxidation sites excluding steroid dienone is 10. The summed E-state index contributed by atoms with van der Waals surface area (Å²) < 4.78 is 68.3. The lowest BCUT2D eigenvalue weighted by Crippen LogP contribution is -2.30. The summed E-state index contributed by atoms with van der Waals surface area (Å²) in [6, 6.07) is 0. The number of phosphoric acid groups is 2. The number of aliphatic hydroxyl groups excluding tert-OH is 1. The maximum Gasteiger partial charge on any atom is 0.472 e. The standard InChI is InChI=1S/C73H132O17P2/c1-5-9-13-17-21-25-29-33-37-41-45-49-53-57-70(75)83-63-68(89-72(77)59-55-51-47-43-39-35-31-27-23-19-15-11-7-3)65-87-91(79,80)85-61-67(74)62-86-92(81,82)88-66-69(90-73(78)60-56-52-48-44-40-36-32-28-24-20-16-12-8-4)64-84-71(76)58-54-50-46-42-38-34-30-26-22-18-14-10-6-2/h13-14,17-18,25-27,29-31,67-69,74H,5-12,15-16,19-24,28,32-66H2,1-4H3,(H,79,80)(H,81,82)/b17-13-,18-14-,29-25-,30-26-,31-27-. The van der Waals surface area contributed by atoms with Crippen molar-refractivity contribution in [1.82, 2.24) is 0 Å². The second-order valence-corrected chi connectivity index (χ2v) is 27.4. The zero-order valence-electron chi connectivity index (χ0n) is 58.2. The Bertz CT molecular complexity index is 1990. The van der Waals surface area contributed by atoms with Crippen LogP contribution in [0.25, 0.3) is 0 Å². The summed E-state index contributed by atoms with van der Waals surface area (Å²) in [7, 11) is -9.93. The SMILES string of the molecule is CCC/C=C\C/C=C\CCCCCCCC(=O)OCC(COP(=O)(O)OCC(O)COP(=O)(O)OCC(COC(=O)CCCCCCC/C=C\C/C=C\CCC)OC(=O)CCCCCCCCCCCCCCC)OC(=O)CCCCCCC/C=C\CCCCCC. The smallest absolute Gasteiger partial charge is 0.462 e. The molecule has 0 bridgehead atoms. The molecule has 0 saturated heterocycles. The molecule has 92 heavy (non-hydrogen) atoms. The van der Waals surface area contributed by atoms with Crippen LogP contribution in [0.4, 0.5) is 0 Å². The molecule has 3 N–H and O–H groups in total. The number of hydrogen-bond donors (Lipinski definition) is 3. The third-order valence-corrected chi connectivity index (χ3v) is 17.3. The van der Waals surface area contributed by atoms with E-state index in [0.29, 0.717) is 25.7 Å². The molecule has 0 aromatic rings. The molecule has 19 heteroatoms. The number of ether oxygens (including phenoxy) is 4. The molecule has 0 aliphatic carbocycles. The average molecular weight is 1340 g/mol. The minimum atomic E-state index is -4.97. The van der Waals surface area contributed by atoms with Crippen molar-refractivity contribution in [1.29, 1.82) is 0 Å². The quantitative estimate of drug-likeness (QED) is 0.0169. The van der Waals surface area contributed by atoms with Crippen molar-refractivity contribution in [3.05, 3.63) is 60.8 Å². The van der Waals surface area contributed by atoms with Gasteiger partial charge in [-0.2, -0.15) is 0 Å². The number of phosphoric ester groups is 2. The first-order valence-corrected chi connectivity index (χ1v) is 39.5. The van der Waals surface area contributed by atoms with Gasteiger partial charge in [0.05, 0.1) is 26.4 Å². The topological polar surface area (TPSA) is 237 Å². The van der Waals surface area contributed by atoms with E-state index < -0.39 is 97.5 Å². The van der Waals surface area contributed by atoms with Crippen molar-refractivity contribution in [2.24, 2.45) is 0 Å². The molecule has 0 fully saturated rings. The lowest BCUT2D eigenvalue weighted by Gasteiger charge is -2.21. The average Bonchev–Trinajstić information content (AvgIpc) is 3.63. The van der Waals surface area contributed by atoms with Crippen molar-refractivity contribution >= 4 is 39.5 Å². The predicted molar refractivity (Wildman–Crippen MR) is 372 cm³/mol. The van der Waals surface area contributed by atoms with Gasteiger partial charge in [0.25, 0.3) is 0 Å². The molecule has 0 aliphatic heterocycles. The van der Waals surface area contributed by atoms with E-state index in [2.05, 4.69) is 88.5 Å². The van der Waals surface area contributed by atoms with Crippen molar-refractivity contribution in [2.45, 2.75) is 341 Å². The maximum atomic E-state index is 13.0. The second-order valence-electron chi connectivity index (χ2n) is 24.5. The first-order valence-electron chi connectivity index (χ1n) is 36.5. The van der Waals surface area contributed by atoms with Crippen LogP contribution in [0.15, 0.2) is 60.8 Å². The van der Waals surface area contributed by atoms with Gasteiger partial charge in [-0.1, -0.05) is 255 Å². The number of esters is 4. The van der Waals surface area contributed by atoms with Gasteiger partial charge < -0.3 is 33.8 Å². The van der Waals surface area contributed by atoms with E-state index in [0.717, 1.165) is 167 Å². The molecule has 0 saturated carbocycles. The molecule has 5 atom stereocenters. The van der Waals surface area contributed by atoms with Crippen LogP contribution in [0.1, 0.15) is 323 Å². The van der Waals surface area contributed by atoms with Gasteiger partial charge in [-0.15, -0.1) is 0 Å². The van der Waals surface area contributed by atoms with Gasteiger partial charge >= 0.3 is 39.5 Å². The van der Waals surface area contributed by atoms with E-state index >= 15 is 0 Å². The molecular formula is C73H132O17P2. The Morgan fingerprint density at radius 2 is 0.554 bits per heavy atom. The van der Waals surface area contributed by atoms with Crippen LogP contribution >= 0.6 is 15.6 Å². The van der Waals surface area contributed by atoms with Crippen LogP contribution in [-0.2, 0) is 65.4 Å². The summed E-state index contributed by atoms with van der Waals surface area (Å²) in [6.45, 7) is 4.72. The first kappa shape index (κ1) is 88.8. The summed E-state index contributed by atoms with van der Waals surface area (Å²) in [5.41, 5.74) is 0. The Morgan fingerprint density at radius 1 is 0.304 bits per heavy atom. The van der Waals surface area contributed by atoms with Crippen molar-refractivity contribution in [2.75, 3.05) is 39.6 Å². The fourth-order valence-corrected chi connectivity index (χ4v) is 11.4. The number of rotatable bonds is 69. The summed E-state index contributed by atoms with van der Waals surface area (Å²) >= 11 is 0. The van der Waals surface area contributed by atoms with E-state index in [4.69, 9.17) is 37.0 Å². The van der Waals surface area contributed by atoms with Crippen molar-refractivity contribution in [3.8, 4) is 0 Å². The lowest BCUT2D eigenvalue weighted by molar-refractivity contribution is -0.161. The maximum absolute atomic E-state index is 13.0. The lowest BCUT2D eigenvalue weighted by atomic mass is 10.0. The zero-order chi connectivity index (χ0) is 67.5. The number of carbonyl (C=O) groups is 4. The summed E-state index contributed by atoms with van der Waals surface area (Å²) in [5, 5.41) is 10.6. The van der Waals surface area contributed by atoms with Crippen LogP contribution in [0, 0.1) is 0 Å². The minimum Gasteiger partial charge on any atom is -0.462 e. The zero-order valence-corrected chi connectivity index (χ0v) is 60.0. The molecule has 0 spiro atoms. The van der Waals surface area contributed by atoms with Gasteiger partial charge in [0, 0.05) is 25.7 Å². The predicted octanol–water partition coefficient (Wildman–Crippen LogP) is 20.3. The Labute approximate surface area is 559 Å². The van der Waals surface area contributed by atoms with Gasteiger partial charge in [-0.25, -0.2) is 9.13 Å². The van der Waals surface area contributed by atoms with E-state index in [-0.39, 0.29) is 25.7 Å². The highest BCUT2D eigenvalue weighted by Gasteiger charge is 2.30. The largest absolute Gasteiger partial charge is 0.472 e. The van der Waals surface area contributed by atoms with Gasteiger partial charge in [0.1, 0.15) is 19.3 Å². The third-order valence-electron chi connectivity index (χ3n) is 15.4. The molecule has 0 aliphatic rings. The number of aliphatic hydroxyl groups is 1. The normalized spacial score (nSPS) is 14.4. The number of hydrogen-bond acceptors (Lipinski definition) is 15. The Balaban J connectivity index is 5.33. The molecule has 17 nitrogen and oxygen atoms in total. The Kier molecular flexibility index (Phi) is 64.0. The highest BCUT2D eigenvalue weighted by molar-refractivity contribution is 7.47. The highest BCUT2D eigenvalue weighted by Crippen LogP contribution is 2.45. The monoisotopic (exact) mass is 1340 g/mol. The highest BCUT2D eigenvalue weighted by atomic mass is 31.2. The number of carbonyl (C=O) groups excluding carboxylic acids is 4. The van der Waals surface area contributed by atoms with Crippen LogP contribution < -0.4 is 0 Å².